The zero-order chi connectivity index (χ0) is 23.0. The van der Waals surface area contributed by atoms with E-state index in [0.29, 0.717) is 61.5 Å². The van der Waals surface area contributed by atoms with Gasteiger partial charge in [-0.1, -0.05) is 12.1 Å². The van der Waals surface area contributed by atoms with Crippen LogP contribution in [0, 0.1) is 0 Å². The van der Waals surface area contributed by atoms with Crippen LogP contribution in [0.15, 0.2) is 48.8 Å². The lowest BCUT2D eigenvalue weighted by Gasteiger charge is -2.14. The number of anilines is 3. The molecular weight excluding hydrogens is 426 g/mol. The maximum atomic E-state index is 6.11. The molecular formula is C22H25N7O4. The number of hydrogen-bond acceptors (Lipinski definition) is 10. The van der Waals surface area contributed by atoms with E-state index in [0.717, 1.165) is 11.0 Å². The molecule has 2 heterocycles. The van der Waals surface area contributed by atoms with Crippen molar-refractivity contribution >= 4 is 28.6 Å². The van der Waals surface area contributed by atoms with E-state index in [1.54, 1.807) is 18.8 Å². The first-order valence-electron chi connectivity index (χ1n) is 10.3. The number of nitrogens with two attached hydrogens (primary N) is 1. The first-order valence-corrected chi connectivity index (χ1v) is 10.3. The molecule has 11 heteroatoms. The van der Waals surface area contributed by atoms with Crippen LogP contribution >= 0.6 is 0 Å². The van der Waals surface area contributed by atoms with Crippen LogP contribution in [0.2, 0.25) is 0 Å². The number of fused-ring (bicyclic) bond motifs is 1. The minimum atomic E-state index is 0.291. The lowest BCUT2D eigenvalue weighted by atomic mass is 10.2. The first kappa shape index (κ1) is 22.2. The van der Waals surface area contributed by atoms with Crippen LogP contribution in [0.25, 0.3) is 17.0 Å². The van der Waals surface area contributed by atoms with Crippen molar-refractivity contribution in [1.29, 1.82) is 0 Å². The number of hydrogen-bond donors (Lipinski definition) is 2. The highest BCUT2D eigenvalue weighted by Gasteiger charge is 2.13. The zero-order valence-electron chi connectivity index (χ0n) is 18.4. The fourth-order valence-corrected chi connectivity index (χ4v) is 3.13. The largest absolute Gasteiger partial charge is 0.487 e. The van der Waals surface area contributed by atoms with Gasteiger partial charge in [-0.15, -0.1) is 0 Å². The summed E-state index contributed by atoms with van der Waals surface area (Å²) in [6.07, 6.45) is 1.41. The average Bonchev–Trinajstić information content (AvgIpc) is 3.16. The smallest absolute Gasteiger partial charge is 0.241 e. The molecule has 0 fully saturated rings. The summed E-state index contributed by atoms with van der Waals surface area (Å²) in [5.74, 6) is 2.15. The van der Waals surface area contributed by atoms with E-state index < -0.39 is 0 Å². The van der Waals surface area contributed by atoms with E-state index in [1.165, 1.54) is 6.33 Å². The van der Waals surface area contributed by atoms with Gasteiger partial charge in [0.2, 0.25) is 17.8 Å². The van der Waals surface area contributed by atoms with Crippen molar-refractivity contribution in [2.45, 2.75) is 0 Å². The Kier molecular flexibility index (Phi) is 7.12. The SMILES string of the molecule is COCCOc1ccc(Nc2ncnc(-n3c(N)nc4ccccc43)n2)cc1OCCOC. The average molecular weight is 451 g/mol. The highest BCUT2D eigenvalue weighted by Crippen LogP contribution is 2.31. The molecule has 0 saturated heterocycles. The van der Waals surface area contributed by atoms with Crippen molar-refractivity contribution in [3.8, 4) is 17.4 Å². The maximum absolute atomic E-state index is 6.11. The van der Waals surface area contributed by atoms with Gasteiger partial charge >= 0.3 is 0 Å². The molecule has 33 heavy (non-hydrogen) atoms. The van der Waals surface area contributed by atoms with Crippen molar-refractivity contribution < 1.29 is 18.9 Å². The van der Waals surface area contributed by atoms with Crippen molar-refractivity contribution in [2.24, 2.45) is 0 Å². The number of imidazole rings is 1. The van der Waals surface area contributed by atoms with Crippen LogP contribution in [0.4, 0.5) is 17.6 Å². The molecule has 0 atom stereocenters. The van der Waals surface area contributed by atoms with Crippen molar-refractivity contribution in [3.63, 3.8) is 0 Å². The number of nitrogen functional groups attached to an aromatic ring is 1. The summed E-state index contributed by atoms with van der Waals surface area (Å²) in [4.78, 5) is 17.4. The number of nitrogens with zero attached hydrogens (tertiary/aromatic N) is 5. The van der Waals surface area contributed by atoms with E-state index in [4.69, 9.17) is 24.7 Å². The molecule has 0 amide bonds. The topological polar surface area (TPSA) is 131 Å². The third-order valence-electron chi connectivity index (χ3n) is 4.64. The molecule has 3 N–H and O–H groups in total. The number of ether oxygens (including phenoxy) is 4. The van der Waals surface area contributed by atoms with Crippen molar-refractivity contribution in [1.82, 2.24) is 24.5 Å². The monoisotopic (exact) mass is 451 g/mol. The van der Waals surface area contributed by atoms with E-state index in [2.05, 4.69) is 25.3 Å². The molecule has 172 valence electrons. The van der Waals surface area contributed by atoms with Gasteiger partial charge in [0, 0.05) is 26.0 Å². The van der Waals surface area contributed by atoms with E-state index in [9.17, 15) is 0 Å². The Morgan fingerprint density at radius 2 is 1.64 bits per heavy atom. The molecule has 0 radical (unpaired) electrons. The van der Waals surface area contributed by atoms with Crippen LogP contribution < -0.4 is 20.5 Å². The summed E-state index contributed by atoms with van der Waals surface area (Å²) in [5, 5.41) is 3.17. The Hall–Kier alpha value is -3.96. The van der Waals surface area contributed by atoms with E-state index >= 15 is 0 Å². The van der Waals surface area contributed by atoms with E-state index in [1.807, 2.05) is 42.5 Å². The fourth-order valence-electron chi connectivity index (χ4n) is 3.13. The Morgan fingerprint density at radius 3 is 2.42 bits per heavy atom. The third-order valence-corrected chi connectivity index (χ3v) is 4.64. The van der Waals surface area contributed by atoms with Gasteiger partial charge in [-0.25, -0.2) is 19.5 Å². The second-order valence-corrected chi connectivity index (χ2v) is 6.87. The Labute approximate surface area is 190 Å². The lowest BCUT2D eigenvalue weighted by molar-refractivity contribution is 0.132. The van der Waals surface area contributed by atoms with Gasteiger partial charge in [0.25, 0.3) is 0 Å². The summed E-state index contributed by atoms with van der Waals surface area (Å²) in [7, 11) is 3.24. The van der Waals surface area contributed by atoms with Gasteiger partial charge in [0.05, 0.1) is 24.2 Å². The van der Waals surface area contributed by atoms with Gasteiger partial charge in [-0.2, -0.15) is 4.98 Å². The summed E-state index contributed by atoms with van der Waals surface area (Å²) >= 11 is 0. The predicted molar refractivity (Wildman–Crippen MR) is 123 cm³/mol. The summed E-state index contributed by atoms with van der Waals surface area (Å²) in [6.45, 7) is 1.70. The van der Waals surface area contributed by atoms with Gasteiger partial charge in [-0.3, -0.25) is 0 Å². The molecule has 0 aliphatic carbocycles. The molecule has 0 saturated carbocycles. The third kappa shape index (κ3) is 5.27. The maximum Gasteiger partial charge on any atom is 0.241 e. The summed E-state index contributed by atoms with van der Waals surface area (Å²) < 4.78 is 23.4. The number of methoxy groups -OCH3 is 2. The van der Waals surface area contributed by atoms with Gasteiger partial charge in [-0.05, 0) is 24.3 Å². The summed E-state index contributed by atoms with van der Waals surface area (Å²) in [6, 6.07) is 13.0. The molecule has 2 aromatic carbocycles. The van der Waals surface area contributed by atoms with Crippen LogP contribution in [0.5, 0.6) is 11.5 Å². The molecule has 0 aliphatic rings. The number of rotatable bonds is 11. The second-order valence-electron chi connectivity index (χ2n) is 6.87. The number of nitrogens with one attached hydrogen (secondary N) is 1. The van der Waals surface area contributed by atoms with Crippen LogP contribution in [0.3, 0.4) is 0 Å². The normalized spacial score (nSPS) is 11.0. The highest BCUT2D eigenvalue weighted by atomic mass is 16.5. The second kappa shape index (κ2) is 10.6. The molecule has 0 spiro atoms. The highest BCUT2D eigenvalue weighted by molar-refractivity contribution is 5.80. The Morgan fingerprint density at radius 1 is 0.879 bits per heavy atom. The fraction of sp³-hybridized carbons (Fsp3) is 0.273. The first-order chi connectivity index (χ1) is 16.2. The number of benzene rings is 2. The Balaban J connectivity index is 1.58. The minimum Gasteiger partial charge on any atom is -0.487 e. The Bertz CT molecular complexity index is 1210. The van der Waals surface area contributed by atoms with Gasteiger partial charge in [0.1, 0.15) is 19.5 Å². The predicted octanol–water partition coefficient (Wildman–Crippen LogP) is 2.59. The quantitative estimate of drug-likeness (QED) is 0.328. The molecule has 11 nitrogen and oxygen atoms in total. The zero-order valence-corrected chi connectivity index (χ0v) is 18.4. The molecule has 4 rings (SSSR count). The van der Waals surface area contributed by atoms with Crippen molar-refractivity contribution in [3.05, 3.63) is 48.8 Å². The minimum absolute atomic E-state index is 0.291. The van der Waals surface area contributed by atoms with Crippen LogP contribution in [-0.4, -0.2) is 65.2 Å². The molecule has 2 aromatic heterocycles. The van der Waals surface area contributed by atoms with Crippen LogP contribution in [0.1, 0.15) is 0 Å². The molecule has 0 bridgehead atoms. The summed E-state index contributed by atoms with van der Waals surface area (Å²) in [5.41, 5.74) is 8.38. The number of aromatic nitrogens is 5. The molecule has 0 aliphatic heterocycles. The molecule has 0 unspecified atom stereocenters. The van der Waals surface area contributed by atoms with Gasteiger partial charge < -0.3 is 30.0 Å². The number of para-hydroxylation sites is 2. The standard InChI is InChI=1S/C22H25N7O4/c1-30-9-11-32-18-8-7-15(13-19(18)33-12-10-31-2)26-21-24-14-25-22(28-21)29-17-6-4-3-5-16(17)27-20(29)23/h3-8,13-14H,9-12H2,1-2H3,(H2,23,27)(H,24,25,26,28). The van der Waals surface area contributed by atoms with Crippen LogP contribution in [-0.2, 0) is 9.47 Å². The van der Waals surface area contributed by atoms with Gasteiger partial charge in [0.15, 0.2) is 11.5 Å². The van der Waals surface area contributed by atoms with E-state index in [-0.39, 0.29) is 0 Å². The lowest BCUT2D eigenvalue weighted by Crippen LogP contribution is -2.09. The molecule has 4 aromatic rings. The van der Waals surface area contributed by atoms with Crippen molar-refractivity contribution in [2.75, 3.05) is 51.7 Å².